The van der Waals surface area contributed by atoms with Crippen molar-refractivity contribution < 1.29 is 0 Å². The smallest absolute Gasteiger partial charge is 0.0451 e. The summed E-state index contributed by atoms with van der Waals surface area (Å²) in [4.78, 5) is 0. The van der Waals surface area contributed by atoms with Gasteiger partial charge < -0.3 is 5.32 Å². The second-order valence-corrected chi connectivity index (χ2v) is 5.78. The van der Waals surface area contributed by atoms with Crippen molar-refractivity contribution in [3.05, 3.63) is 68.7 Å². The molecule has 0 saturated carbocycles. The molecular formula is C16H17BrClN. The van der Waals surface area contributed by atoms with Gasteiger partial charge in [0.15, 0.2) is 0 Å². The average Bonchev–Trinajstić information content (AvgIpc) is 2.43. The van der Waals surface area contributed by atoms with E-state index in [9.17, 15) is 0 Å². The van der Waals surface area contributed by atoms with Crippen molar-refractivity contribution in [2.24, 2.45) is 0 Å². The lowest BCUT2D eigenvalue weighted by molar-refractivity contribution is 0.688. The third-order valence-corrected chi connectivity index (χ3v) is 4.00. The molecule has 0 spiro atoms. The Labute approximate surface area is 128 Å². The lowest BCUT2D eigenvalue weighted by Crippen LogP contribution is -2.14. The summed E-state index contributed by atoms with van der Waals surface area (Å²) in [5, 5.41) is 4.26. The molecule has 3 heteroatoms. The second-order valence-electron chi connectivity index (χ2n) is 4.46. The van der Waals surface area contributed by atoms with Gasteiger partial charge in [0.1, 0.15) is 0 Å². The number of halogens is 2. The van der Waals surface area contributed by atoms with E-state index in [4.69, 9.17) is 11.6 Å². The molecule has 0 bridgehead atoms. The highest BCUT2D eigenvalue weighted by Crippen LogP contribution is 2.21. The van der Waals surface area contributed by atoms with Crippen LogP contribution in [0.4, 0.5) is 0 Å². The number of hydrogen-bond donors (Lipinski definition) is 1. The second kappa shape index (κ2) is 7.09. The summed E-state index contributed by atoms with van der Waals surface area (Å²) in [6.45, 7) is 3.83. The Hall–Kier alpha value is -0.830. The minimum atomic E-state index is 0.774. The molecule has 0 unspecified atom stereocenters. The van der Waals surface area contributed by atoms with Gasteiger partial charge in [-0.2, -0.15) is 0 Å². The zero-order chi connectivity index (χ0) is 13.7. The molecule has 0 aromatic heterocycles. The molecule has 19 heavy (non-hydrogen) atoms. The number of rotatable bonds is 5. The average molecular weight is 339 g/mol. The molecule has 1 N–H and O–H groups in total. The molecule has 0 amide bonds. The quantitative estimate of drug-likeness (QED) is 0.813. The molecule has 0 radical (unpaired) electrons. The summed E-state index contributed by atoms with van der Waals surface area (Å²) in [5.41, 5.74) is 3.87. The van der Waals surface area contributed by atoms with E-state index >= 15 is 0 Å². The normalized spacial score (nSPS) is 10.7. The van der Waals surface area contributed by atoms with Gasteiger partial charge in [-0.25, -0.2) is 0 Å². The molecule has 0 heterocycles. The van der Waals surface area contributed by atoms with Crippen LogP contribution in [0.3, 0.4) is 0 Å². The summed E-state index contributed by atoms with van der Waals surface area (Å²) >= 11 is 9.65. The van der Waals surface area contributed by atoms with Gasteiger partial charge in [-0.3, -0.25) is 0 Å². The van der Waals surface area contributed by atoms with Crippen molar-refractivity contribution in [1.29, 1.82) is 0 Å². The Bertz CT molecular complexity index is 554. The molecule has 2 aromatic rings. The van der Waals surface area contributed by atoms with Crippen LogP contribution in [0.15, 0.2) is 46.9 Å². The first-order chi connectivity index (χ1) is 9.20. The fourth-order valence-electron chi connectivity index (χ4n) is 2.09. The van der Waals surface area contributed by atoms with Crippen LogP contribution in [0, 0.1) is 0 Å². The van der Waals surface area contributed by atoms with Crippen LogP contribution in [0.5, 0.6) is 0 Å². The van der Waals surface area contributed by atoms with Crippen LogP contribution in [0.2, 0.25) is 5.02 Å². The minimum Gasteiger partial charge on any atom is -0.309 e. The highest BCUT2D eigenvalue weighted by Gasteiger charge is 2.02. The summed E-state index contributed by atoms with van der Waals surface area (Å²) in [5.74, 6) is 0. The van der Waals surface area contributed by atoms with Crippen LogP contribution in [-0.2, 0) is 19.5 Å². The molecule has 0 aliphatic heterocycles. The maximum Gasteiger partial charge on any atom is 0.0451 e. The molecule has 0 atom stereocenters. The highest BCUT2D eigenvalue weighted by molar-refractivity contribution is 9.10. The van der Waals surface area contributed by atoms with E-state index in [-0.39, 0.29) is 0 Å². The van der Waals surface area contributed by atoms with Gasteiger partial charge in [0.25, 0.3) is 0 Å². The minimum absolute atomic E-state index is 0.774. The maximum absolute atomic E-state index is 6.18. The van der Waals surface area contributed by atoms with Gasteiger partial charge >= 0.3 is 0 Å². The van der Waals surface area contributed by atoms with Crippen molar-refractivity contribution in [1.82, 2.24) is 5.32 Å². The van der Waals surface area contributed by atoms with E-state index in [0.29, 0.717) is 0 Å². The van der Waals surface area contributed by atoms with Gasteiger partial charge in [0.05, 0.1) is 0 Å². The van der Waals surface area contributed by atoms with Crippen LogP contribution < -0.4 is 5.32 Å². The lowest BCUT2D eigenvalue weighted by atomic mass is 10.1. The predicted octanol–water partition coefficient (Wildman–Crippen LogP) is 4.95. The lowest BCUT2D eigenvalue weighted by Gasteiger charge is -2.10. The number of nitrogens with one attached hydrogen (secondary N) is 1. The molecule has 2 rings (SSSR count). The zero-order valence-electron chi connectivity index (χ0n) is 10.9. The van der Waals surface area contributed by atoms with Crippen LogP contribution in [-0.4, -0.2) is 0 Å². The van der Waals surface area contributed by atoms with Gasteiger partial charge in [0.2, 0.25) is 0 Å². The van der Waals surface area contributed by atoms with Gasteiger partial charge in [-0.1, -0.05) is 58.7 Å². The van der Waals surface area contributed by atoms with E-state index in [1.165, 1.54) is 11.1 Å². The van der Waals surface area contributed by atoms with Crippen molar-refractivity contribution in [2.45, 2.75) is 26.4 Å². The summed E-state index contributed by atoms with van der Waals surface area (Å²) in [7, 11) is 0. The Morgan fingerprint density at radius 3 is 2.42 bits per heavy atom. The van der Waals surface area contributed by atoms with E-state index in [1.807, 2.05) is 12.1 Å². The summed E-state index contributed by atoms with van der Waals surface area (Å²) in [6, 6.07) is 14.5. The molecular weight excluding hydrogens is 322 g/mol. The zero-order valence-corrected chi connectivity index (χ0v) is 13.3. The highest BCUT2D eigenvalue weighted by atomic mass is 79.9. The Morgan fingerprint density at radius 2 is 1.68 bits per heavy atom. The molecule has 2 aromatic carbocycles. The Morgan fingerprint density at radius 1 is 1.00 bits per heavy atom. The van der Waals surface area contributed by atoms with Crippen LogP contribution in [0.25, 0.3) is 0 Å². The first kappa shape index (κ1) is 14.6. The molecule has 100 valence electrons. The standard InChI is InChI=1S/C16H17BrClN/c1-2-12-5-3-4-6-13(12)10-19-11-14-9-15(17)7-8-16(14)18/h3-9,19H,2,10-11H2,1H3. The van der Waals surface area contributed by atoms with E-state index in [2.05, 4.69) is 58.5 Å². The molecule has 0 fully saturated rings. The fraction of sp³-hybridized carbons (Fsp3) is 0.250. The largest absolute Gasteiger partial charge is 0.309 e. The first-order valence-electron chi connectivity index (χ1n) is 6.42. The van der Waals surface area contributed by atoms with E-state index in [0.717, 1.165) is 34.6 Å². The molecule has 0 saturated heterocycles. The van der Waals surface area contributed by atoms with Crippen molar-refractivity contribution in [2.75, 3.05) is 0 Å². The van der Waals surface area contributed by atoms with Crippen molar-refractivity contribution in [3.63, 3.8) is 0 Å². The Kier molecular flexibility index (Phi) is 5.44. The van der Waals surface area contributed by atoms with E-state index < -0.39 is 0 Å². The van der Waals surface area contributed by atoms with Crippen molar-refractivity contribution >= 4 is 27.5 Å². The number of benzene rings is 2. The Balaban J connectivity index is 1.98. The number of aryl methyl sites for hydroxylation is 1. The van der Waals surface area contributed by atoms with Gasteiger partial charge in [-0.05, 0) is 41.3 Å². The summed E-state index contributed by atoms with van der Waals surface area (Å²) < 4.78 is 1.06. The fourth-order valence-corrected chi connectivity index (χ4v) is 2.68. The monoisotopic (exact) mass is 337 g/mol. The predicted molar refractivity (Wildman–Crippen MR) is 85.5 cm³/mol. The third kappa shape index (κ3) is 4.07. The van der Waals surface area contributed by atoms with Gasteiger partial charge in [0, 0.05) is 22.6 Å². The molecule has 1 nitrogen and oxygen atoms in total. The van der Waals surface area contributed by atoms with Crippen LogP contribution >= 0.6 is 27.5 Å². The van der Waals surface area contributed by atoms with Crippen LogP contribution in [0.1, 0.15) is 23.6 Å². The summed E-state index contributed by atoms with van der Waals surface area (Å²) in [6.07, 6.45) is 1.06. The number of hydrogen-bond acceptors (Lipinski definition) is 1. The topological polar surface area (TPSA) is 12.0 Å². The van der Waals surface area contributed by atoms with E-state index in [1.54, 1.807) is 0 Å². The SMILES string of the molecule is CCc1ccccc1CNCc1cc(Br)ccc1Cl. The van der Waals surface area contributed by atoms with Crippen molar-refractivity contribution in [3.8, 4) is 0 Å². The maximum atomic E-state index is 6.18. The molecule has 0 aliphatic rings. The molecule has 0 aliphatic carbocycles. The third-order valence-electron chi connectivity index (χ3n) is 3.14. The first-order valence-corrected chi connectivity index (χ1v) is 7.59. The van der Waals surface area contributed by atoms with Gasteiger partial charge in [-0.15, -0.1) is 0 Å².